The molecule has 0 aliphatic rings. The Morgan fingerprint density at radius 1 is 0.846 bits per heavy atom. The zero-order valence-electron chi connectivity index (χ0n) is 16.0. The van der Waals surface area contributed by atoms with Gasteiger partial charge in [-0.3, -0.25) is 0 Å². The minimum atomic E-state index is -2.28. The Balaban J connectivity index is 2.16. The number of carbonyl (C=O) groups excluding carboxylic acids is 2. The Morgan fingerprint density at radius 3 is 1.88 bits per heavy atom. The fourth-order valence-electron chi connectivity index (χ4n) is 2.08. The zero-order chi connectivity index (χ0) is 19.4. The molecule has 138 valence electrons. The lowest BCUT2D eigenvalue weighted by molar-refractivity contribution is 0.0464. The molecule has 0 radical (unpaired) electrons. The molecule has 0 aliphatic heterocycles. The lowest BCUT2D eigenvalue weighted by Gasteiger charge is -2.35. The third kappa shape index (κ3) is 4.82. The molecule has 0 N–H and O–H groups in total. The standard InChI is InChI=1S/C21H26O4Si/c1-21(2,3)26(4,5)25-20(23)18-14-10-9-13-17(18)19(22)24-15-16-11-7-6-8-12-16/h6-14H,15H2,1-5H3. The van der Waals surface area contributed by atoms with Crippen LogP contribution >= 0.6 is 0 Å². The summed E-state index contributed by atoms with van der Waals surface area (Å²) in [6.07, 6.45) is 0. The van der Waals surface area contributed by atoms with Crippen LogP contribution in [0.3, 0.4) is 0 Å². The van der Waals surface area contributed by atoms with Crippen molar-refractivity contribution in [2.24, 2.45) is 0 Å². The highest BCUT2D eigenvalue weighted by Gasteiger charge is 2.41. The molecule has 0 saturated carbocycles. The van der Waals surface area contributed by atoms with Crippen molar-refractivity contribution in [3.05, 3.63) is 71.3 Å². The Morgan fingerprint density at radius 2 is 1.35 bits per heavy atom. The summed E-state index contributed by atoms with van der Waals surface area (Å²) >= 11 is 0. The maximum atomic E-state index is 12.7. The number of esters is 1. The summed E-state index contributed by atoms with van der Waals surface area (Å²) in [4.78, 5) is 25.2. The Bertz CT molecular complexity index is 776. The number of hydrogen-bond donors (Lipinski definition) is 0. The highest BCUT2D eigenvalue weighted by Crippen LogP contribution is 2.37. The molecule has 0 aliphatic carbocycles. The van der Waals surface area contributed by atoms with Crippen molar-refractivity contribution >= 4 is 20.3 Å². The summed E-state index contributed by atoms with van der Waals surface area (Å²) in [6, 6.07) is 16.1. The van der Waals surface area contributed by atoms with Gasteiger partial charge in [0.2, 0.25) is 0 Å². The van der Waals surface area contributed by atoms with Gasteiger partial charge < -0.3 is 9.16 Å². The van der Waals surface area contributed by atoms with Crippen molar-refractivity contribution < 1.29 is 18.8 Å². The molecule has 4 nitrogen and oxygen atoms in total. The highest BCUT2D eigenvalue weighted by atomic mass is 28.4. The van der Waals surface area contributed by atoms with Crippen LogP contribution in [0.1, 0.15) is 47.1 Å². The number of benzene rings is 2. The molecule has 0 saturated heterocycles. The summed E-state index contributed by atoms with van der Waals surface area (Å²) in [7, 11) is -2.28. The quantitative estimate of drug-likeness (QED) is 0.536. The average molecular weight is 371 g/mol. The Hall–Kier alpha value is -2.40. The number of carbonyl (C=O) groups is 2. The normalized spacial score (nSPS) is 11.7. The van der Waals surface area contributed by atoms with E-state index in [0.717, 1.165) is 5.56 Å². The fraction of sp³-hybridized carbons (Fsp3) is 0.333. The second-order valence-corrected chi connectivity index (χ2v) is 12.5. The van der Waals surface area contributed by atoms with E-state index in [2.05, 4.69) is 20.8 Å². The van der Waals surface area contributed by atoms with Crippen molar-refractivity contribution in [2.45, 2.75) is 45.5 Å². The fourth-order valence-corrected chi connectivity index (χ4v) is 2.96. The molecule has 0 spiro atoms. The van der Waals surface area contributed by atoms with E-state index in [4.69, 9.17) is 9.16 Å². The molecule has 2 aromatic rings. The first-order valence-corrected chi connectivity index (χ1v) is 11.6. The second-order valence-electron chi connectivity index (χ2n) is 7.76. The van der Waals surface area contributed by atoms with Crippen molar-refractivity contribution in [3.8, 4) is 0 Å². The first kappa shape index (κ1) is 19.9. The average Bonchev–Trinajstić information content (AvgIpc) is 2.59. The smallest absolute Gasteiger partial charge is 0.339 e. The lowest BCUT2D eigenvalue weighted by atomic mass is 10.1. The summed E-state index contributed by atoms with van der Waals surface area (Å²) < 4.78 is 11.2. The third-order valence-corrected chi connectivity index (χ3v) is 9.04. The molecular formula is C21H26O4Si. The van der Waals surface area contributed by atoms with Gasteiger partial charge in [0.25, 0.3) is 8.32 Å². The summed E-state index contributed by atoms with van der Waals surface area (Å²) in [5, 5.41) is -0.106. The molecule has 5 heteroatoms. The molecular weight excluding hydrogens is 344 g/mol. The molecule has 26 heavy (non-hydrogen) atoms. The van der Waals surface area contributed by atoms with Gasteiger partial charge in [0, 0.05) is 0 Å². The summed E-state index contributed by atoms with van der Waals surface area (Å²) in [6.45, 7) is 10.3. The van der Waals surface area contributed by atoms with Crippen LogP contribution in [0.25, 0.3) is 0 Å². The lowest BCUT2D eigenvalue weighted by Crippen LogP contribution is -2.42. The zero-order valence-corrected chi connectivity index (χ0v) is 17.0. The van der Waals surface area contributed by atoms with E-state index in [1.54, 1.807) is 24.3 Å². The predicted octanol–water partition coefficient (Wildman–Crippen LogP) is 5.21. The van der Waals surface area contributed by atoms with Crippen molar-refractivity contribution in [1.82, 2.24) is 0 Å². The minimum absolute atomic E-state index is 0.106. The van der Waals surface area contributed by atoms with E-state index in [9.17, 15) is 9.59 Å². The topological polar surface area (TPSA) is 52.6 Å². The molecule has 0 heterocycles. The monoisotopic (exact) mass is 370 g/mol. The summed E-state index contributed by atoms with van der Waals surface area (Å²) in [5.74, 6) is -1.000. The maximum absolute atomic E-state index is 12.7. The van der Waals surface area contributed by atoms with E-state index in [1.165, 1.54) is 0 Å². The van der Waals surface area contributed by atoms with Crippen LogP contribution < -0.4 is 0 Å². The van der Waals surface area contributed by atoms with Crippen molar-refractivity contribution in [2.75, 3.05) is 0 Å². The predicted molar refractivity (Wildman–Crippen MR) is 105 cm³/mol. The van der Waals surface area contributed by atoms with Gasteiger partial charge in [-0.15, -0.1) is 0 Å². The van der Waals surface area contributed by atoms with Gasteiger partial charge >= 0.3 is 11.9 Å². The van der Waals surface area contributed by atoms with Gasteiger partial charge in [-0.25, -0.2) is 9.59 Å². The van der Waals surface area contributed by atoms with Gasteiger partial charge in [0.05, 0.1) is 11.1 Å². The number of rotatable bonds is 5. The maximum Gasteiger partial charge on any atom is 0.339 e. The van der Waals surface area contributed by atoms with E-state index < -0.39 is 20.3 Å². The van der Waals surface area contributed by atoms with Gasteiger partial charge in [-0.05, 0) is 35.8 Å². The largest absolute Gasteiger partial charge is 0.516 e. The molecule has 0 bridgehead atoms. The molecule has 0 fully saturated rings. The van der Waals surface area contributed by atoms with Crippen LogP contribution in [0, 0.1) is 0 Å². The third-order valence-electron chi connectivity index (χ3n) is 4.73. The first-order valence-electron chi connectivity index (χ1n) is 8.65. The second kappa shape index (κ2) is 7.87. The van der Waals surface area contributed by atoms with E-state index in [0.29, 0.717) is 0 Å². The van der Waals surface area contributed by atoms with Crippen LogP contribution in [-0.4, -0.2) is 20.3 Å². The molecule has 0 unspecified atom stereocenters. The highest BCUT2D eigenvalue weighted by molar-refractivity contribution is 6.75. The van der Waals surface area contributed by atoms with Crippen LogP contribution in [0.5, 0.6) is 0 Å². The molecule has 2 rings (SSSR count). The summed E-state index contributed by atoms with van der Waals surface area (Å²) in [5.41, 5.74) is 1.37. The van der Waals surface area contributed by atoms with E-state index in [1.807, 2.05) is 43.4 Å². The molecule has 0 atom stereocenters. The van der Waals surface area contributed by atoms with Gasteiger partial charge in [-0.2, -0.15) is 0 Å². The molecule has 2 aromatic carbocycles. The number of ether oxygens (including phenoxy) is 1. The first-order chi connectivity index (χ1) is 12.1. The van der Waals surface area contributed by atoms with Crippen LogP contribution in [0.15, 0.2) is 54.6 Å². The van der Waals surface area contributed by atoms with Crippen LogP contribution in [0.2, 0.25) is 18.1 Å². The SMILES string of the molecule is CC(C)(C)[Si](C)(C)OC(=O)c1ccccc1C(=O)OCc1ccccc1. The minimum Gasteiger partial charge on any atom is -0.516 e. The Labute approximate surface area is 156 Å². The van der Waals surface area contributed by atoms with Crippen LogP contribution in [0.4, 0.5) is 0 Å². The van der Waals surface area contributed by atoms with Gasteiger partial charge in [0.15, 0.2) is 0 Å². The molecule has 0 amide bonds. The van der Waals surface area contributed by atoms with Crippen LogP contribution in [-0.2, 0) is 15.8 Å². The van der Waals surface area contributed by atoms with Crippen molar-refractivity contribution in [1.29, 1.82) is 0 Å². The number of hydrogen-bond acceptors (Lipinski definition) is 4. The van der Waals surface area contributed by atoms with E-state index >= 15 is 0 Å². The molecule has 0 aromatic heterocycles. The van der Waals surface area contributed by atoms with Crippen molar-refractivity contribution in [3.63, 3.8) is 0 Å². The Kier molecular flexibility index (Phi) is 6.03. The van der Waals surface area contributed by atoms with E-state index in [-0.39, 0.29) is 22.8 Å². The van der Waals surface area contributed by atoms with Gasteiger partial charge in [0.1, 0.15) is 6.61 Å². The van der Waals surface area contributed by atoms with Gasteiger partial charge in [-0.1, -0.05) is 63.2 Å².